The van der Waals surface area contributed by atoms with Crippen molar-refractivity contribution >= 4 is 10.0 Å². The molecule has 2 aliphatic heterocycles. The summed E-state index contributed by atoms with van der Waals surface area (Å²) in [6, 6.07) is 0.275. The number of likely N-dealkylation sites (N-methyl/N-ethyl adjacent to an activating group) is 2. The van der Waals surface area contributed by atoms with Crippen LogP contribution in [-0.2, 0) is 10.0 Å². The third-order valence-corrected chi connectivity index (χ3v) is 6.15. The zero-order valence-corrected chi connectivity index (χ0v) is 14.2. The van der Waals surface area contributed by atoms with Gasteiger partial charge in [0, 0.05) is 32.2 Å². The molecule has 0 aliphatic carbocycles. The van der Waals surface area contributed by atoms with E-state index >= 15 is 0 Å². The van der Waals surface area contributed by atoms with Gasteiger partial charge in [0.2, 0.25) is 10.0 Å². The lowest BCUT2D eigenvalue weighted by Crippen LogP contribution is -2.54. The molecule has 0 bridgehead atoms. The van der Waals surface area contributed by atoms with Gasteiger partial charge in [0.15, 0.2) is 0 Å². The second-order valence-electron chi connectivity index (χ2n) is 6.55. The molecular formula is C14H30N4O2S. The van der Waals surface area contributed by atoms with Gasteiger partial charge in [0.05, 0.1) is 5.75 Å². The fourth-order valence-electron chi connectivity index (χ4n) is 3.11. The van der Waals surface area contributed by atoms with Crippen molar-refractivity contribution < 1.29 is 8.42 Å². The lowest BCUT2D eigenvalue weighted by molar-refractivity contribution is 0.117. The van der Waals surface area contributed by atoms with E-state index in [1.165, 1.54) is 0 Å². The minimum absolute atomic E-state index is 0.268. The molecule has 0 amide bonds. The van der Waals surface area contributed by atoms with Crippen LogP contribution in [0.25, 0.3) is 0 Å². The summed E-state index contributed by atoms with van der Waals surface area (Å²) in [6.45, 7) is 5.55. The molecule has 2 saturated heterocycles. The van der Waals surface area contributed by atoms with E-state index < -0.39 is 10.0 Å². The van der Waals surface area contributed by atoms with Gasteiger partial charge < -0.3 is 10.2 Å². The van der Waals surface area contributed by atoms with Crippen LogP contribution >= 0.6 is 0 Å². The molecule has 0 spiro atoms. The molecule has 2 rings (SSSR count). The van der Waals surface area contributed by atoms with Gasteiger partial charge in [-0.25, -0.2) is 13.1 Å². The van der Waals surface area contributed by atoms with Crippen molar-refractivity contribution in [1.82, 2.24) is 19.8 Å². The van der Waals surface area contributed by atoms with Crippen molar-refractivity contribution in [2.24, 2.45) is 5.92 Å². The topological polar surface area (TPSA) is 64.7 Å². The third kappa shape index (κ3) is 5.83. The summed E-state index contributed by atoms with van der Waals surface area (Å²) in [5.41, 5.74) is 0. The molecule has 124 valence electrons. The van der Waals surface area contributed by atoms with Crippen LogP contribution in [0.15, 0.2) is 0 Å². The standard InChI is InChI=1S/C14H30N4O2S/c1-17-8-9-18(2)14(12-17)11-16-21(19,20)10-5-13-3-6-15-7-4-13/h13-16H,3-12H2,1-2H3. The quantitative estimate of drug-likeness (QED) is 0.694. The van der Waals surface area contributed by atoms with Crippen molar-refractivity contribution in [3.63, 3.8) is 0 Å². The minimum Gasteiger partial charge on any atom is -0.317 e. The Kier molecular flexibility index (Phi) is 6.43. The Morgan fingerprint density at radius 2 is 1.90 bits per heavy atom. The van der Waals surface area contributed by atoms with Gasteiger partial charge in [0.1, 0.15) is 0 Å². The average molecular weight is 318 g/mol. The summed E-state index contributed by atoms with van der Waals surface area (Å²) in [4.78, 5) is 4.50. The van der Waals surface area contributed by atoms with Gasteiger partial charge >= 0.3 is 0 Å². The Morgan fingerprint density at radius 1 is 1.19 bits per heavy atom. The van der Waals surface area contributed by atoms with Crippen molar-refractivity contribution in [2.45, 2.75) is 25.3 Å². The number of sulfonamides is 1. The number of nitrogens with one attached hydrogen (secondary N) is 2. The summed E-state index contributed by atoms with van der Waals surface area (Å²) in [5, 5.41) is 3.31. The van der Waals surface area contributed by atoms with Gasteiger partial charge in [0.25, 0.3) is 0 Å². The smallest absolute Gasteiger partial charge is 0.211 e. The predicted octanol–water partition coefficient (Wildman–Crippen LogP) is -0.459. The van der Waals surface area contributed by atoms with Gasteiger partial charge in [-0.05, 0) is 52.4 Å². The monoisotopic (exact) mass is 318 g/mol. The molecule has 1 atom stereocenters. The zero-order valence-electron chi connectivity index (χ0n) is 13.3. The Labute approximate surface area is 129 Å². The molecule has 2 fully saturated rings. The van der Waals surface area contributed by atoms with E-state index in [2.05, 4.69) is 33.9 Å². The van der Waals surface area contributed by atoms with Crippen LogP contribution in [0.4, 0.5) is 0 Å². The highest BCUT2D eigenvalue weighted by atomic mass is 32.2. The predicted molar refractivity (Wildman–Crippen MR) is 85.9 cm³/mol. The van der Waals surface area contributed by atoms with Crippen LogP contribution in [0.1, 0.15) is 19.3 Å². The summed E-state index contributed by atoms with van der Waals surface area (Å²) >= 11 is 0. The number of nitrogens with zero attached hydrogens (tertiary/aromatic N) is 2. The molecule has 0 aromatic heterocycles. The normalized spacial score (nSPS) is 27.0. The molecular weight excluding hydrogens is 288 g/mol. The maximum Gasteiger partial charge on any atom is 0.211 e. The number of piperidine rings is 1. The van der Waals surface area contributed by atoms with Crippen molar-refractivity contribution in [3.8, 4) is 0 Å². The van der Waals surface area contributed by atoms with Crippen LogP contribution in [0, 0.1) is 5.92 Å². The van der Waals surface area contributed by atoms with Gasteiger partial charge in [-0.1, -0.05) is 0 Å². The van der Waals surface area contributed by atoms with Crippen molar-refractivity contribution in [1.29, 1.82) is 0 Å². The van der Waals surface area contributed by atoms with Crippen molar-refractivity contribution in [3.05, 3.63) is 0 Å². The molecule has 1 unspecified atom stereocenters. The first-order valence-electron chi connectivity index (χ1n) is 8.03. The maximum absolute atomic E-state index is 12.1. The third-order valence-electron chi connectivity index (χ3n) is 4.77. The Bertz CT molecular complexity index is 409. The Morgan fingerprint density at radius 3 is 2.62 bits per heavy atom. The molecule has 7 heteroatoms. The highest BCUT2D eigenvalue weighted by Crippen LogP contribution is 2.16. The molecule has 0 aromatic rings. The van der Waals surface area contributed by atoms with Crippen LogP contribution in [-0.4, -0.2) is 83.4 Å². The number of piperazine rings is 1. The van der Waals surface area contributed by atoms with E-state index in [-0.39, 0.29) is 11.8 Å². The summed E-state index contributed by atoms with van der Waals surface area (Å²) in [7, 11) is 1.02. The highest BCUT2D eigenvalue weighted by Gasteiger charge is 2.24. The van der Waals surface area contributed by atoms with E-state index in [4.69, 9.17) is 0 Å². The molecule has 0 radical (unpaired) electrons. The first kappa shape index (κ1) is 17.1. The molecule has 2 heterocycles. The van der Waals surface area contributed by atoms with E-state index in [9.17, 15) is 8.42 Å². The molecule has 21 heavy (non-hydrogen) atoms. The van der Waals surface area contributed by atoms with Crippen LogP contribution in [0.5, 0.6) is 0 Å². The van der Waals surface area contributed by atoms with E-state index in [0.29, 0.717) is 12.5 Å². The fraction of sp³-hybridized carbons (Fsp3) is 1.00. The number of hydrogen-bond donors (Lipinski definition) is 2. The number of hydrogen-bond acceptors (Lipinski definition) is 5. The van der Waals surface area contributed by atoms with Crippen LogP contribution in [0.3, 0.4) is 0 Å². The lowest BCUT2D eigenvalue weighted by atomic mass is 9.96. The maximum atomic E-state index is 12.1. The molecule has 2 aliphatic rings. The van der Waals surface area contributed by atoms with Gasteiger partial charge in [-0.3, -0.25) is 4.90 Å². The molecule has 6 nitrogen and oxygen atoms in total. The summed E-state index contributed by atoms with van der Waals surface area (Å²) in [5.74, 6) is 0.829. The highest BCUT2D eigenvalue weighted by molar-refractivity contribution is 7.89. The van der Waals surface area contributed by atoms with Gasteiger partial charge in [-0.2, -0.15) is 0 Å². The molecule has 0 saturated carbocycles. The van der Waals surface area contributed by atoms with E-state index in [0.717, 1.165) is 52.0 Å². The Hall–Kier alpha value is -0.210. The zero-order chi connectivity index (χ0) is 15.3. The second-order valence-corrected chi connectivity index (χ2v) is 8.47. The summed E-state index contributed by atoms with van der Waals surface area (Å²) < 4.78 is 27.1. The average Bonchev–Trinajstić information content (AvgIpc) is 2.47. The van der Waals surface area contributed by atoms with Crippen LogP contribution < -0.4 is 10.0 Å². The minimum atomic E-state index is -3.14. The van der Waals surface area contributed by atoms with Crippen molar-refractivity contribution in [2.75, 3.05) is 59.1 Å². The largest absolute Gasteiger partial charge is 0.317 e. The first-order chi connectivity index (χ1) is 9.96. The molecule has 0 aromatic carbocycles. The molecule has 2 N–H and O–H groups in total. The van der Waals surface area contributed by atoms with Gasteiger partial charge in [-0.15, -0.1) is 0 Å². The fourth-order valence-corrected chi connectivity index (χ4v) is 4.34. The second kappa shape index (κ2) is 7.87. The summed E-state index contributed by atoms with van der Waals surface area (Å²) in [6.07, 6.45) is 2.99. The Balaban J connectivity index is 1.72. The van der Waals surface area contributed by atoms with E-state index in [1.807, 2.05) is 0 Å². The number of rotatable bonds is 6. The lowest BCUT2D eigenvalue weighted by Gasteiger charge is -2.37. The van der Waals surface area contributed by atoms with E-state index in [1.54, 1.807) is 0 Å². The SMILES string of the molecule is CN1CCN(C)C(CNS(=O)(=O)CCC2CCNCC2)C1. The van der Waals surface area contributed by atoms with Crippen LogP contribution in [0.2, 0.25) is 0 Å². The first-order valence-corrected chi connectivity index (χ1v) is 9.68.